The van der Waals surface area contributed by atoms with Crippen LogP contribution in [0, 0.1) is 5.41 Å². The van der Waals surface area contributed by atoms with Crippen molar-refractivity contribution in [1.82, 2.24) is 15.4 Å². The Labute approximate surface area is 134 Å². The van der Waals surface area contributed by atoms with Gasteiger partial charge in [-0.1, -0.05) is 32.9 Å². The van der Waals surface area contributed by atoms with Gasteiger partial charge in [-0.25, -0.2) is 4.99 Å². The van der Waals surface area contributed by atoms with Crippen LogP contribution in [0.1, 0.15) is 65.8 Å². The number of nitrogens with zero attached hydrogens (tertiary/aromatic N) is 3. The number of hydrogen-bond donors (Lipinski definition) is 1. The molecule has 0 amide bonds. The fourth-order valence-corrected chi connectivity index (χ4v) is 2.62. The molecule has 0 aromatic carbocycles. The van der Waals surface area contributed by atoms with Gasteiger partial charge in [-0.2, -0.15) is 0 Å². The predicted molar refractivity (Wildman–Crippen MR) is 90.0 cm³/mol. The maximum Gasteiger partial charge on any atom is 0.194 e. The molecule has 5 heteroatoms. The van der Waals surface area contributed by atoms with Gasteiger partial charge < -0.3 is 14.7 Å². The maximum absolute atomic E-state index is 5.38. The van der Waals surface area contributed by atoms with Crippen molar-refractivity contribution in [2.24, 2.45) is 10.4 Å². The van der Waals surface area contributed by atoms with Crippen LogP contribution in [0.15, 0.2) is 15.6 Å². The molecule has 1 saturated heterocycles. The zero-order chi connectivity index (χ0) is 16.5. The van der Waals surface area contributed by atoms with E-state index in [0.717, 1.165) is 30.5 Å². The molecule has 124 valence electrons. The molecule has 5 nitrogen and oxygen atoms in total. The lowest BCUT2D eigenvalue weighted by Gasteiger charge is -2.62. The highest BCUT2D eigenvalue weighted by Gasteiger charge is 2.53. The minimum absolute atomic E-state index is 0.0957. The first-order valence-corrected chi connectivity index (χ1v) is 8.20. The molecule has 0 bridgehead atoms. The van der Waals surface area contributed by atoms with Crippen molar-refractivity contribution in [3.8, 4) is 0 Å². The van der Waals surface area contributed by atoms with Crippen molar-refractivity contribution in [2.75, 3.05) is 13.1 Å². The van der Waals surface area contributed by atoms with E-state index in [1.54, 1.807) is 0 Å². The van der Waals surface area contributed by atoms with Crippen molar-refractivity contribution < 1.29 is 4.52 Å². The van der Waals surface area contributed by atoms with Crippen LogP contribution in [0.5, 0.6) is 0 Å². The molecule has 22 heavy (non-hydrogen) atoms. The lowest BCUT2D eigenvalue weighted by Crippen LogP contribution is -2.72. The zero-order valence-corrected chi connectivity index (χ0v) is 15.0. The second-order valence-electron chi connectivity index (χ2n) is 7.57. The third-order valence-corrected chi connectivity index (χ3v) is 5.03. The largest absolute Gasteiger partial charge is 0.359 e. The van der Waals surface area contributed by atoms with Gasteiger partial charge in [0.05, 0.1) is 5.69 Å². The molecule has 1 fully saturated rings. The number of likely N-dealkylation sites (tertiary alicyclic amines) is 1. The summed E-state index contributed by atoms with van der Waals surface area (Å²) in [4.78, 5) is 7.08. The smallest absolute Gasteiger partial charge is 0.194 e. The Morgan fingerprint density at radius 2 is 2.09 bits per heavy atom. The first kappa shape index (κ1) is 16.8. The van der Waals surface area contributed by atoms with E-state index in [0.29, 0.717) is 17.9 Å². The molecule has 1 aliphatic rings. The van der Waals surface area contributed by atoms with Crippen molar-refractivity contribution in [2.45, 2.75) is 66.5 Å². The molecule has 0 radical (unpaired) electrons. The van der Waals surface area contributed by atoms with Crippen molar-refractivity contribution in [1.29, 1.82) is 0 Å². The van der Waals surface area contributed by atoms with Crippen LogP contribution in [0.3, 0.4) is 0 Å². The topological polar surface area (TPSA) is 53.7 Å². The molecular formula is C17H30N4O. The van der Waals surface area contributed by atoms with Crippen LogP contribution in [-0.4, -0.2) is 34.6 Å². The molecule has 0 saturated carbocycles. The first-order valence-electron chi connectivity index (χ1n) is 8.20. The highest BCUT2D eigenvalue weighted by Crippen LogP contribution is 2.46. The minimum atomic E-state index is 0.0957. The highest BCUT2D eigenvalue weighted by atomic mass is 16.5. The highest BCUT2D eigenvalue weighted by molar-refractivity contribution is 5.82. The number of guanidine groups is 1. The Kier molecular flexibility index (Phi) is 4.54. The molecule has 1 aromatic heterocycles. The summed E-state index contributed by atoms with van der Waals surface area (Å²) in [6, 6.07) is 2.00. The summed E-state index contributed by atoms with van der Waals surface area (Å²) >= 11 is 0. The molecule has 0 unspecified atom stereocenters. The van der Waals surface area contributed by atoms with Crippen LogP contribution < -0.4 is 5.32 Å². The molecule has 1 N–H and O–H groups in total. The van der Waals surface area contributed by atoms with Crippen LogP contribution in [0.4, 0.5) is 0 Å². The predicted octanol–water partition coefficient (Wildman–Crippen LogP) is 3.38. The van der Waals surface area contributed by atoms with E-state index in [1.165, 1.54) is 0 Å². The third-order valence-electron chi connectivity index (χ3n) is 5.03. The van der Waals surface area contributed by atoms with Crippen molar-refractivity contribution >= 4 is 5.96 Å². The normalized spacial score (nSPS) is 20.2. The van der Waals surface area contributed by atoms with E-state index in [9.17, 15) is 0 Å². The quantitative estimate of drug-likeness (QED) is 0.684. The second-order valence-corrected chi connectivity index (χ2v) is 7.57. The molecule has 2 rings (SSSR count). The molecule has 0 spiro atoms. The lowest BCUT2D eigenvalue weighted by atomic mass is 9.65. The standard InChI is InChI=1S/C17H30N4O/c1-8-18-15(21-11-16(4,5)17(21,6)7)19-10-13-9-14(12(2)3)20-22-13/h9,12H,8,10-11H2,1-7H3,(H,18,19). The van der Waals surface area contributed by atoms with Gasteiger partial charge in [-0.05, 0) is 26.7 Å². The van der Waals surface area contributed by atoms with E-state index in [2.05, 4.69) is 63.8 Å². The van der Waals surface area contributed by atoms with Crippen LogP contribution in [0.2, 0.25) is 0 Å². The molecule has 0 atom stereocenters. The number of aromatic nitrogens is 1. The van der Waals surface area contributed by atoms with Gasteiger partial charge in [0.1, 0.15) is 6.54 Å². The average Bonchev–Trinajstić information content (AvgIpc) is 2.90. The first-order chi connectivity index (χ1) is 10.2. The Balaban J connectivity index is 2.11. The van der Waals surface area contributed by atoms with Gasteiger partial charge in [0, 0.05) is 30.1 Å². The Morgan fingerprint density at radius 3 is 2.55 bits per heavy atom. The molecular weight excluding hydrogens is 276 g/mol. The third kappa shape index (κ3) is 2.99. The van der Waals surface area contributed by atoms with E-state index in [4.69, 9.17) is 9.52 Å². The monoisotopic (exact) mass is 306 g/mol. The molecule has 1 aliphatic heterocycles. The summed E-state index contributed by atoms with van der Waals surface area (Å²) < 4.78 is 5.38. The van der Waals surface area contributed by atoms with Crippen molar-refractivity contribution in [3.05, 3.63) is 17.5 Å². The Morgan fingerprint density at radius 1 is 1.41 bits per heavy atom. The summed E-state index contributed by atoms with van der Waals surface area (Å²) in [5, 5.41) is 7.48. The van der Waals surface area contributed by atoms with Gasteiger partial charge in [-0.15, -0.1) is 0 Å². The average molecular weight is 306 g/mol. The van der Waals surface area contributed by atoms with Crippen LogP contribution >= 0.6 is 0 Å². The summed E-state index contributed by atoms with van der Waals surface area (Å²) in [6.45, 7) is 17.9. The van der Waals surface area contributed by atoms with Crippen LogP contribution in [0.25, 0.3) is 0 Å². The number of aliphatic imine (C=N–C) groups is 1. The number of nitrogens with one attached hydrogen (secondary N) is 1. The molecule has 2 heterocycles. The molecule has 1 aromatic rings. The fraction of sp³-hybridized carbons (Fsp3) is 0.765. The zero-order valence-electron chi connectivity index (χ0n) is 15.0. The Bertz CT molecular complexity index is 543. The van der Waals surface area contributed by atoms with E-state index in [1.807, 2.05) is 6.07 Å². The van der Waals surface area contributed by atoms with Gasteiger partial charge >= 0.3 is 0 Å². The number of hydrogen-bond acceptors (Lipinski definition) is 3. The van der Waals surface area contributed by atoms with Gasteiger partial charge in [0.2, 0.25) is 0 Å². The summed E-state index contributed by atoms with van der Waals surface area (Å²) in [6.07, 6.45) is 0. The minimum Gasteiger partial charge on any atom is -0.359 e. The van der Waals surface area contributed by atoms with E-state index < -0.39 is 0 Å². The second kappa shape index (κ2) is 5.94. The summed E-state index contributed by atoms with van der Waals surface area (Å²) in [5.41, 5.74) is 1.37. The summed E-state index contributed by atoms with van der Waals surface area (Å²) in [7, 11) is 0. The lowest BCUT2D eigenvalue weighted by molar-refractivity contribution is -0.0668. The summed E-state index contributed by atoms with van der Waals surface area (Å²) in [5.74, 6) is 2.15. The van der Waals surface area contributed by atoms with Gasteiger partial charge in [0.25, 0.3) is 0 Å². The fourth-order valence-electron chi connectivity index (χ4n) is 2.62. The van der Waals surface area contributed by atoms with Gasteiger partial charge in [-0.3, -0.25) is 0 Å². The molecule has 0 aliphatic carbocycles. The van der Waals surface area contributed by atoms with Crippen molar-refractivity contribution in [3.63, 3.8) is 0 Å². The maximum atomic E-state index is 5.38. The number of rotatable bonds is 4. The van der Waals surface area contributed by atoms with E-state index in [-0.39, 0.29) is 5.54 Å². The van der Waals surface area contributed by atoms with Crippen LogP contribution in [-0.2, 0) is 6.54 Å². The Hall–Kier alpha value is -1.52. The SMILES string of the molecule is CCNC(=NCc1cc(C(C)C)no1)N1CC(C)(C)C1(C)C. The van der Waals surface area contributed by atoms with E-state index >= 15 is 0 Å². The van der Waals surface area contributed by atoms with Gasteiger partial charge in [0.15, 0.2) is 11.7 Å².